The van der Waals surface area contributed by atoms with Gasteiger partial charge in [-0.3, -0.25) is 0 Å². The number of rotatable bonds is 2. The van der Waals surface area contributed by atoms with Gasteiger partial charge in [0.15, 0.2) is 0 Å². The molecule has 208 valence electrons. The summed E-state index contributed by atoms with van der Waals surface area (Å²) in [6, 6.07) is 15.0. The monoisotopic (exact) mass is 638 g/mol. The summed E-state index contributed by atoms with van der Waals surface area (Å²) in [5.74, 6) is 2.97. The number of benzene rings is 2. The molecular weight excluding hydrogens is 592 g/mol. The molecule has 2 fully saturated rings. The molecule has 3 nitrogen and oxygen atoms in total. The molecule has 2 saturated carbocycles. The van der Waals surface area contributed by atoms with Crippen LogP contribution in [0.15, 0.2) is 57.5 Å². The number of phenols is 1. The van der Waals surface area contributed by atoms with Gasteiger partial charge in [0.2, 0.25) is 0 Å². The number of aromatic hydroxyl groups is 1. The lowest BCUT2D eigenvalue weighted by atomic mass is 9.72. The third-order valence-corrected chi connectivity index (χ3v) is 8.82. The van der Waals surface area contributed by atoms with Gasteiger partial charge in [0.1, 0.15) is 11.5 Å². The second-order valence-electron chi connectivity index (χ2n) is 12.8. The van der Waals surface area contributed by atoms with Crippen LogP contribution in [-0.4, -0.2) is 22.4 Å². The average Bonchev–Trinajstić information content (AvgIpc) is 2.83. The topological polar surface area (TPSA) is 49.7 Å². The molecule has 0 aromatic heterocycles. The Hall–Kier alpha value is -1.04. The average molecular weight is 641 g/mol. The first-order chi connectivity index (χ1) is 17.2. The van der Waals surface area contributed by atoms with Crippen molar-refractivity contribution < 1.29 is 14.9 Å². The molecule has 2 aliphatic rings. The second-order valence-corrected chi connectivity index (χ2v) is 14.6. The van der Waals surface area contributed by atoms with Gasteiger partial charge in [0.25, 0.3) is 0 Å². The van der Waals surface area contributed by atoms with Crippen LogP contribution in [0.25, 0.3) is 0 Å². The van der Waals surface area contributed by atoms with Crippen LogP contribution in [0.3, 0.4) is 0 Å². The highest BCUT2D eigenvalue weighted by Gasteiger charge is 2.30. The van der Waals surface area contributed by atoms with Crippen molar-refractivity contribution >= 4 is 31.9 Å². The van der Waals surface area contributed by atoms with Crippen LogP contribution < -0.4 is 4.74 Å². The van der Waals surface area contributed by atoms with E-state index in [9.17, 15) is 5.11 Å². The van der Waals surface area contributed by atoms with Gasteiger partial charge in [-0.15, -0.1) is 0 Å². The van der Waals surface area contributed by atoms with Crippen LogP contribution in [0.2, 0.25) is 0 Å². The first-order valence-electron chi connectivity index (χ1n) is 13.8. The Morgan fingerprint density at radius 2 is 1.00 bits per heavy atom. The molecule has 0 amide bonds. The summed E-state index contributed by atoms with van der Waals surface area (Å²) in [5.41, 5.74) is 0.892. The van der Waals surface area contributed by atoms with E-state index in [2.05, 4.69) is 73.4 Å². The Morgan fingerprint density at radius 3 is 1.38 bits per heavy atom. The minimum absolute atomic E-state index is 0.00593. The number of aliphatic hydroxyl groups excluding tert-OH is 1. The SMILES string of the molecule is CC(C)(C)C1CCC(O)CC1.CC(C)(C)C1CCC(Oc2ccc(Br)cc2)CC1.Oc1ccc(Br)cc1. The number of hydrogen-bond donors (Lipinski definition) is 2. The van der Waals surface area contributed by atoms with Crippen LogP contribution >= 0.6 is 31.9 Å². The van der Waals surface area contributed by atoms with Gasteiger partial charge in [-0.1, -0.05) is 73.4 Å². The van der Waals surface area contributed by atoms with Crippen molar-refractivity contribution in [2.24, 2.45) is 22.7 Å². The Morgan fingerprint density at radius 1 is 0.622 bits per heavy atom. The number of ether oxygens (including phenoxy) is 1. The van der Waals surface area contributed by atoms with Crippen molar-refractivity contribution in [2.45, 2.75) is 105 Å². The van der Waals surface area contributed by atoms with E-state index in [-0.39, 0.29) is 6.10 Å². The number of hydrogen-bond acceptors (Lipinski definition) is 3. The van der Waals surface area contributed by atoms with Gasteiger partial charge >= 0.3 is 0 Å². The highest BCUT2D eigenvalue weighted by molar-refractivity contribution is 9.10. The molecule has 0 spiro atoms. The standard InChI is InChI=1S/C16H23BrO.C10H20O.C6H5BrO/c1-16(2,3)12-4-8-14(9-5-12)18-15-10-6-13(17)7-11-15;1-10(2,3)8-4-6-9(11)7-5-8;7-5-1-3-6(8)4-2-5/h6-7,10-12,14H,4-5,8-9H2,1-3H3;8-9,11H,4-7H2,1-3H3;1-4,8H. The molecule has 0 atom stereocenters. The number of halogens is 2. The summed E-state index contributed by atoms with van der Waals surface area (Å²) in [4.78, 5) is 0. The second kappa shape index (κ2) is 14.9. The van der Waals surface area contributed by atoms with Crippen molar-refractivity contribution in [3.8, 4) is 11.5 Å². The Bertz CT molecular complexity index is 861. The largest absolute Gasteiger partial charge is 0.508 e. The van der Waals surface area contributed by atoms with Crippen LogP contribution in [0.5, 0.6) is 11.5 Å². The number of aliphatic hydroxyl groups is 1. The summed E-state index contributed by atoms with van der Waals surface area (Å²) < 4.78 is 8.14. The summed E-state index contributed by atoms with van der Waals surface area (Å²) >= 11 is 6.68. The van der Waals surface area contributed by atoms with Crippen LogP contribution in [0, 0.1) is 22.7 Å². The fourth-order valence-corrected chi connectivity index (χ4v) is 5.66. The van der Waals surface area contributed by atoms with Crippen molar-refractivity contribution in [1.29, 1.82) is 0 Å². The zero-order valence-corrected chi connectivity index (χ0v) is 26.8. The van der Waals surface area contributed by atoms with E-state index in [1.807, 2.05) is 24.3 Å². The molecule has 2 aliphatic carbocycles. The molecular formula is C32H48Br2O3. The third-order valence-electron chi connectivity index (χ3n) is 7.76. The Balaban J connectivity index is 0.000000215. The lowest BCUT2D eigenvalue weighted by molar-refractivity contribution is 0.0725. The first-order valence-corrected chi connectivity index (χ1v) is 15.4. The lowest BCUT2D eigenvalue weighted by Gasteiger charge is -2.36. The van der Waals surface area contributed by atoms with E-state index < -0.39 is 0 Å². The van der Waals surface area contributed by atoms with Crippen molar-refractivity contribution in [3.05, 3.63) is 57.5 Å². The maximum atomic E-state index is 9.29. The zero-order valence-electron chi connectivity index (χ0n) is 23.6. The molecule has 4 rings (SSSR count). The predicted octanol–water partition coefficient (Wildman–Crippen LogP) is 10.2. The van der Waals surface area contributed by atoms with Crippen molar-refractivity contribution in [2.75, 3.05) is 0 Å². The Kier molecular flexibility index (Phi) is 13.0. The van der Waals surface area contributed by atoms with Gasteiger partial charge in [-0.05, 0) is 123 Å². The number of phenolic OH excluding ortho intramolecular Hbond substituents is 1. The highest BCUT2D eigenvalue weighted by atomic mass is 79.9. The van der Waals surface area contributed by atoms with E-state index in [4.69, 9.17) is 9.84 Å². The Labute approximate surface area is 242 Å². The molecule has 2 N–H and O–H groups in total. The molecule has 37 heavy (non-hydrogen) atoms. The maximum absolute atomic E-state index is 9.29. The van der Waals surface area contributed by atoms with Crippen LogP contribution in [-0.2, 0) is 0 Å². The quantitative estimate of drug-likeness (QED) is 0.344. The van der Waals surface area contributed by atoms with Gasteiger partial charge in [-0.25, -0.2) is 0 Å². The molecule has 2 aromatic carbocycles. The molecule has 0 heterocycles. The van der Waals surface area contributed by atoms with E-state index in [0.717, 1.165) is 39.4 Å². The van der Waals surface area contributed by atoms with Crippen molar-refractivity contribution in [1.82, 2.24) is 0 Å². The van der Waals surface area contributed by atoms with E-state index in [1.54, 1.807) is 24.3 Å². The van der Waals surface area contributed by atoms with Gasteiger partial charge in [0, 0.05) is 8.95 Å². The maximum Gasteiger partial charge on any atom is 0.119 e. The molecule has 5 heteroatoms. The fraction of sp³-hybridized carbons (Fsp3) is 0.625. The molecule has 0 bridgehead atoms. The minimum Gasteiger partial charge on any atom is -0.508 e. The predicted molar refractivity (Wildman–Crippen MR) is 163 cm³/mol. The zero-order chi connectivity index (χ0) is 27.6. The first kappa shape index (κ1) is 32.2. The van der Waals surface area contributed by atoms with Crippen LogP contribution in [0.1, 0.15) is 92.9 Å². The van der Waals surface area contributed by atoms with E-state index >= 15 is 0 Å². The van der Waals surface area contributed by atoms with Gasteiger partial charge in [-0.2, -0.15) is 0 Å². The van der Waals surface area contributed by atoms with E-state index in [1.165, 1.54) is 38.5 Å². The van der Waals surface area contributed by atoms with Crippen molar-refractivity contribution in [3.63, 3.8) is 0 Å². The molecule has 0 radical (unpaired) electrons. The van der Waals surface area contributed by atoms with Gasteiger partial charge < -0.3 is 14.9 Å². The van der Waals surface area contributed by atoms with E-state index in [0.29, 0.717) is 22.7 Å². The summed E-state index contributed by atoms with van der Waals surface area (Å²) in [7, 11) is 0. The third kappa shape index (κ3) is 12.6. The summed E-state index contributed by atoms with van der Waals surface area (Å²) in [6.07, 6.45) is 9.84. The lowest BCUT2D eigenvalue weighted by Crippen LogP contribution is -2.30. The molecule has 0 saturated heterocycles. The smallest absolute Gasteiger partial charge is 0.119 e. The molecule has 0 aliphatic heterocycles. The molecule has 0 unspecified atom stereocenters. The summed E-state index contributed by atoms with van der Waals surface area (Å²) in [6.45, 7) is 14.0. The summed E-state index contributed by atoms with van der Waals surface area (Å²) in [5, 5.41) is 18.0. The highest BCUT2D eigenvalue weighted by Crippen LogP contribution is 2.39. The normalized spacial score (nSPS) is 24.1. The van der Waals surface area contributed by atoms with Gasteiger partial charge in [0.05, 0.1) is 12.2 Å². The fourth-order valence-electron chi connectivity index (χ4n) is 5.14. The minimum atomic E-state index is -0.00593. The molecule has 2 aromatic rings. The van der Waals surface area contributed by atoms with Crippen LogP contribution in [0.4, 0.5) is 0 Å².